The lowest BCUT2D eigenvalue weighted by Crippen LogP contribution is -2.28. The fraction of sp³-hybridized carbons (Fsp3) is 0.625. The van der Waals surface area contributed by atoms with Crippen LogP contribution in [0, 0.1) is 5.92 Å². The minimum absolute atomic E-state index is 0.0573. The first-order valence-electron chi connectivity index (χ1n) is 7.24. The molecule has 1 saturated heterocycles. The van der Waals surface area contributed by atoms with Crippen LogP contribution in [0.1, 0.15) is 37.8 Å². The Labute approximate surface area is 124 Å². The van der Waals surface area contributed by atoms with Crippen LogP contribution in [0.15, 0.2) is 16.6 Å². The molecule has 0 unspecified atom stereocenters. The molecule has 1 aromatic rings. The maximum Gasteiger partial charge on any atom is 0.137 e. The molecule has 3 rings (SSSR count). The standard InChI is InChI=1S/C16H22BrNO/c1-16(2)10-13-8-12(9-14(17)15(13)19-16)7-11-3-5-18-6-4-11/h8-9,11,18H,3-7,10H2,1-2H3. The molecule has 19 heavy (non-hydrogen) atoms. The lowest BCUT2D eigenvalue weighted by Gasteiger charge is -2.22. The van der Waals surface area contributed by atoms with E-state index in [0.29, 0.717) is 0 Å². The summed E-state index contributed by atoms with van der Waals surface area (Å²) in [6, 6.07) is 4.61. The SMILES string of the molecule is CC1(C)Cc2cc(CC3CCNCC3)cc(Br)c2O1. The third-order valence-electron chi connectivity index (χ3n) is 4.16. The van der Waals surface area contributed by atoms with Gasteiger partial charge in [-0.25, -0.2) is 0 Å². The van der Waals surface area contributed by atoms with E-state index in [1.807, 2.05) is 0 Å². The van der Waals surface area contributed by atoms with Crippen molar-refractivity contribution in [1.29, 1.82) is 0 Å². The molecule has 0 amide bonds. The zero-order valence-corrected chi connectivity index (χ0v) is 13.3. The largest absolute Gasteiger partial charge is 0.486 e. The second kappa shape index (κ2) is 5.10. The van der Waals surface area contributed by atoms with Gasteiger partial charge in [0.2, 0.25) is 0 Å². The maximum atomic E-state index is 6.01. The predicted octanol–water partition coefficient (Wildman–Crippen LogP) is 3.70. The van der Waals surface area contributed by atoms with E-state index in [4.69, 9.17) is 4.74 Å². The van der Waals surface area contributed by atoms with Crippen LogP contribution in [0.4, 0.5) is 0 Å². The molecule has 0 spiro atoms. The number of fused-ring (bicyclic) bond motifs is 1. The van der Waals surface area contributed by atoms with Crippen molar-refractivity contribution >= 4 is 15.9 Å². The Balaban J connectivity index is 1.79. The van der Waals surface area contributed by atoms with Crippen LogP contribution in [0.5, 0.6) is 5.75 Å². The molecule has 1 N–H and O–H groups in total. The minimum Gasteiger partial charge on any atom is -0.486 e. The number of rotatable bonds is 2. The van der Waals surface area contributed by atoms with Gasteiger partial charge >= 0.3 is 0 Å². The monoisotopic (exact) mass is 323 g/mol. The Bertz CT molecular complexity index is 478. The van der Waals surface area contributed by atoms with Crippen molar-refractivity contribution in [3.05, 3.63) is 27.7 Å². The average molecular weight is 324 g/mol. The zero-order chi connectivity index (χ0) is 13.5. The maximum absolute atomic E-state index is 6.01. The molecular weight excluding hydrogens is 302 g/mol. The Hall–Kier alpha value is -0.540. The van der Waals surface area contributed by atoms with Gasteiger partial charge in [0.05, 0.1) is 4.47 Å². The first-order chi connectivity index (χ1) is 9.03. The number of nitrogens with one attached hydrogen (secondary N) is 1. The van der Waals surface area contributed by atoms with Gasteiger partial charge in [-0.1, -0.05) is 6.07 Å². The number of hydrogen-bond donors (Lipinski definition) is 1. The minimum atomic E-state index is -0.0573. The lowest BCUT2D eigenvalue weighted by molar-refractivity contribution is 0.137. The van der Waals surface area contributed by atoms with Crippen molar-refractivity contribution in [2.75, 3.05) is 13.1 Å². The molecule has 2 heterocycles. The van der Waals surface area contributed by atoms with Crippen LogP contribution < -0.4 is 10.1 Å². The molecular formula is C16H22BrNO. The molecule has 0 saturated carbocycles. The van der Waals surface area contributed by atoms with Crippen molar-refractivity contribution in [3.8, 4) is 5.75 Å². The number of benzene rings is 1. The molecule has 0 aromatic heterocycles. The van der Waals surface area contributed by atoms with Gasteiger partial charge in [-0.2, -0.15) is 0 Å². The summed E-state index contributed by atoms with van der Waals surface area (Å²) in [6.45, 7) is 6.66. The van der Waals surface area contributed by atoms with Crippen molar-refractivity contribution in [2.24, 2.45) is 5.92 Å². The molecule has 2 aliphatic heterocycles. The average Bonchev–Trinajstić information content (AvgIpc) is 2.65. The Morgan fingerprint density at radius 2 is 2.05 bits per heavy atom. The third-order valence-corrected chi connectivity index (χ3v) is 4.75. The van der Waals surface area contributed by atoms with Crippen molar-refractivity contribution < 1.29 is 4.74 Å². The van der Waals surface area contributed by atoms with E-state index in [0.717, 1.165) is 22.6 Å². The highest BCUT2D eigenvalue weighted by atomic mass is 79.9. The Morgan fingerprint density at radius 3 is 2.79 bits per heavy atom. The zero-order valence-electron chi connectivity index (χ0n) is 11.8. The highest BCUT2D eigenvalue weighted by molar-refractivity contribution is 9.10. The summed E-state index contributed by atoms with van der Waals surface area (Å²) in [6.07, 6.45) is 4.82. The number of hydrogen-bond acceptors (Lipinski definition) is 2. The van der Waals surface area contributed by atoms with Crippen LogP contribution >= 0.6 is 15.9 Å². The lowest BCUT2D eigenvalue weighted by atomic mass is 9.90. The van der Waals surface area contributed by atoms with Gasteiger partial charge in [-0.05, 0) is 85.2 Å². The summed E-state index contributed by atoms with van der Waals surface area (Å²) in [5.41, 5.74) is 2.76. The summed E-state index contributed by atoms with van der Waals surface area (Å²) in [4.78, 5) is 0. The highest BCUT2D eigenvalue weighted by Gasteiger charge is 2.32. The molecule has 2 nitrogen and oxygen atoms in total. The fourth-order valence-corrected chi connectivity index (χ4v) is 3.90. The fourth-order valence-electron chi connectivity index (χ4n) is 3.27. The van der Waals surface area contributed by atoms with Gasteiger partial charge in [0, 0.05) is 6.42 Å². The molecule has 1 aromatic carbocycles. The van der Waals surface area contributed by atoms with E-state index in [1.165, 1.54) is 43.5 Å². The molecule has 0 radical (unpaired) electrons. The van der Waals surface area contributed by atoms with Crippen LogP contribution in [0.2, 0.25) is 0 Å². The Morgan fingerprint density at radius 1 is 1.32 bits per heavy atom. The molecule has 0 atom stereocenters. The van der Waals surface area contributed by atoms with Crippen LogP contribution in [-0.2, 0) is 12.8 Å². The highest BCUT2D eigenvalue weighted by Crippen LogP contribution is 2.41. The summed E-state index contributed by atoms with van der Waals surface area (Å²) in [5, 5.41) is 3.44. The van der Waals surface area contributed by atoms with E-state index in [1.54, 1.807) is 0 Å². The summed E-state index contributed by atoms with van der Waals surface area (Å²) >= 11 is 3.68. The first-order valence-corrected chi connectivity index (χ1v) is 8.04. The van der Waals surface area contributed by atoms with Crippen molar-refractivity contribution in [3.63, 3.8) is 0 Å². The number of ether oxygens (including phenoxy) is 1. The molecule has 3 heteroatoms. The van der Waals surface area contributed by atoms with E-state index >= 15 is 0 Å². The summed E-state index contributed by atoms with van der Waals surface area (Å²) in [5.74, 6) is 1.89. The van der Waals surface area contributed by atoms with Gasteiger partial charge in [0.1, 0.15) is 11.4 Å². The van der Waals surface area contributed by atoms with Gasteiger partial charge < -0.3 is 10.1 Å². The summed E-state index contributed by atoms with van der Waals surface area (Å²) < 4.78 is 7.14. The normalized spacial score (nSPS) is 22.1. The molecule has 0 bridgehead atoms. The van der Waals surface area contributed by atoms with E-state index in [-0.39, 0.29) is 5.60 Å². The predicted molar refractivity (Wildman–Crippen MR) is 81.9 cm³/mol. The van der Waals surface area contributed by atoms with E-state index in [9.17, 15) is 0 Å². The molecule has 104 valence electrons. The third kappa shape index (κ3) is 2.97. The Kier molecular flexibility index (Phi) is 3.61. The molecule has 2 aliphatic rings. The van der Waals surface area contributed by atoms with Gasteiger partial charge in [0.15, 0.2) is 0 Å². The van der Waals surface area contributed by atoms with Crippen LogP contribution in [-0.4, -0.2) is 18.7 Å². The molecule has 1 fully saturated rings. The number of halogens is 1. The molecule has 0 aliphatic carbocycles. The smallest absolute Gasteiger partial charge is 0.137 e. The van der Waals surface area contributed by atoms with E-state index < -0.39 is 0 Å². The van der Waals surface area contributed by atoms with Crippen LogP contribution in [0.3, 0.4) is 0 Å². The quantitative estimate of drug-likeness (QED) is 0.895. The van der Waals surface area contributed by atoms with Gasteiger partial charge in [-0.15, -0.1) is 0 Å². The second-order valence-corrected chi connectivity index (χ2v) is 7.36. The van der Waals surface area contributed by atoms with E-state index in [2.05, 4.69) is 47.2 Å². The van der Waals surface area contributed by atoms with Gasteiger partial charge in [0.25, 0.3) is 0 Å². The topological polar surface area (TPSA) is 21.3 Å². The second-order valence-electron chi connectivity index (χ2n) is 6.50. The first kappa shape index (κ1) is 13.4. The number of piperidine rings is 1. The van der Waals surface area contributed by atoms with Crippen LogP contribution in [0.25, 0.3) is 0 Å². The van der Waals surface area contributed by atoms with Crippen molar-refractivity contribution in [2.45, 2.75) is 45.1 Å². The summed E-state index contributed by atoms with van der Waals surface area (Å²) in [7, 11) is 0. The van der Waals surface area contributed by atoms with Gasteiger partial charge in [-0.3, -0.25) is 0 Å². The van der Waals surface area contributed by atoms with Crippen molar-refractivity contribution in [1.82, 2.24) is 5.32 Å².